The fraction of sp³-hybridized carbons (Fsp3) is 0.333. The summed E-state index contributed by atoms with van der Waals surface area (Å²) in [5, 5.41) is 0. The van der Waals surface area contributed by atoms with Crippen LogP contribution in [0.2, 0.25) is 19.6 Å². The average molecular weight is 337 g/mol. The third-order valence-corrected chi connectivity index (χ3v) is 4.85. The van der Waals surface area contributed by atoms with Gasteiger partial charge < -0.3 is 9.47 Å². The van der Waals surface area contributed by atoms with E-state index in [9.17, 15) is 0 Å². The number of ether oxygens (including phenoxy) is 2. The van der Waals surface area contributed by atoms with Crippen LogP contribution in [0.3, 0.4) is 0 Å². The van der Waals surface area contributed by atoms with Gasteiger partial charge in [0.05, 0.1) is 0 Å². The van der Waals surface area contributed by atoms with Crippen LogP contribution in [0.15, 0.2) is 48.6 Å². The Morgan fingerprint density at radius 1 is 0.917 bits per heavy atom. The maximum Gasteiger partial charge on any atom is 0.165 e. The Hall–Kier alpha value is -2.04. The first kappa shape index (κ1) is 18.3. The van der Waals surface area contributed by atoms with E-state index < -0.39 is 19.3 Å². The second kappa shape index (κ2) is 6.83. The lowest BCUT2D eigenvalue weighted by Gasteiger charge is -2.33. The number of terminal acetylenes is 1. The molecule has 0 fully saturated rings. The second-order valence-corrected chi connectivity index (χ2v) is 11.6. The molecule has 24 heavy (non-hydrogen) atoms. The molecule has 2 rings (SSSR count). The molecule has 0 bridgehead atoms. The molecule has 0 atom stereocenters. The normalized spacial score (nSPS) is 25.7. The van der Waals surface area contributed by atoms with Gasteiger partial charge in [0, 0.05) is 19.8 Å². The summed E-state index contributed by atoms with van der Waals surface area (Å²) >= 11 is 0. The van der Waals surface area contributed by atoms with E-state index in [4.69, 9.17) is 15.9 Å². The van der Waals surface area contributed by atoms with Crippen molar-refractivity contribution in [3.63, 3.8) is 0 Å². The average Bonchev–Trinajstić information content (AvgIpc) is 2.60. The van der Waals surface area contributed by atoms with Gasteiger partial charge >= 0.3 is 0 Å². The number of methoxy groups -OCH3 is 2. The molecule has 2 nitrogen and oxygen atoms in total. The van der Waals surface area contributed by atoms with Crippen molar-refractivity contribution in [2.45, 2.75) is 30.8 Å². The molecule has 0 spiro atoms. The van der Waals surface area contributed by atoms with Crippen molar-refractivity contribution in [1.82, 2.24) is 0 Å². The van der Waals surface area contributed by atoms with Crippen LogP contribution in [0.4, 0.5) is 0 Å². The molecule has 0 radical (unpaired) electrons. The minimum Gasteiger partial charge on any atom is -0.365 e. The van der Waals surface area contributed by atoms with Gasteiger partial charge in [0.1, 0.15) is 13.7 Å². The fourth-order valence-corrected chi connectivity index (χ4v) is 2.94. The first-order chi connectivity index (χ1) is 11.3. The molecule has 1 aromatic rings. The Labute approximate surface area is 146 Å². The highest BCUT2D eigenvalue weighted by molar-refractivity contribution is 6.83. The molecule has 0 saturated carbocycles. The predicted molar refractivity (Wildman–Crippen MR) is 102 cm³/mol. The standard InChI is InChI=1S/C21H24O2Si/c1-7-20(22-2)13-15-21(23-3,16-14-20)19-10-8-18(9-11-19)12-17-24(4,5)6/h1,8-11,13-16H,2-6H3. The van der Waals surface area contributed by atoms with Crippen LogP contribution in [0.1, 0.15) is 11.1 Å². The highest BCUT2D eigenvalue weighted by Gasteiger charge is 2.34. The van der Waals surface area contributed by atoms with Crippen LogP contribution in [-0.2, 0) is 15.1 Å². The van der Waals surface area contributed by atoms with Crippen LogP contribution in [0.25, 0.3) is 0 Å². The molecular formula is C21H24O2Si. The summed E-state index contributed by atoms with van der Waals surface area (Å²) < 4.78 is 11.2. The number of rotatable bonds is 3. The fourth-order valence-electron chi connectivity index (χ4n) is 2.42. The molecule has 0 aromatic heterocycles. The maximum absolute atomic E-state index is 5.77. The molecule has 1 aliphatic carbocycles. The highest BCUT2D eigenvalue weighted by Crippen LogP contribution is 2.34. The molecule has 124 valence electrons. The first-order valence-electron chi connectivity index (χ1n) is 7.91. The highest BCUT2D eigenvalue weighted by atomic mass is 28.3. The zero-order valence-corrected chi connectivity index (χ0v) is 16.0. The Kier molecular flexibility index (Phi) is 5.21. The number of hydrogen-bond acceptors (Lipinski definition) is 2. The van der Waals surface area contributed by atoms with Crippen molar-refractivity contribution < 1.29 is 9.47 Å². The Morgan fingerprint density at radius 3 is 1.92 bits per heavy atom. The molecule has 1 aliphatic rings. The van der Waals surface area contributed by atoms with E-state index in [1.54, 1.807) is 14.2 Å². The summed E-state index contributed by atoms with van der Waals surface area (Å²) in [6.07, 6.45) is 13.2. The maximum atomic E-state index is 5.77. The number of hydrogen-bond donors (Lipinski definition) is 0. The van der Waals surface area contributed by atoms with Gasteiger partial charge in [0.25, 0.3) is 0 Å². The smallest absolute Gasteiger partial charge is 0.165 e. The van der Waals surface area contributed by atoms with Gasteiger partial charge in [-0.15, -0.1) is 12.0 Å². The minimum atomic E-state index is -1.37. The van der Waals surface area contributed by atoms with Gasteiger partial charge in [-0.3, -0.25) is 0 Å². The molecular weight excluding hydrogens is 312 g/mol. The van der Waals surface area contributed by atoms with E-state index in [1.807, 2.05) is 48.6 Å². The van der Waals surface area contributed by atoms with Gasteiger partial charge in [-0.2, -0.15) is 0 Å². The van der Waals surface area contributed by atoms with E-state index in [-0.39, 0.29) is 0 Å². The summed E-state index contributed by atoms with van der Waals surface area (Å²) in [7, 11) is 1.91. The van der Waals surface area contributed by atoms with Crippen molar-refractivity contribution in [3.05, 3.63) is 59.7 Å². The van der Waals surface area contributed by atoms with E-state index in [0.717, 1.165) is 11.1 Å². The Morgan fingerprint density at radius 2 is 1.50 bits per heavy atom. The summed E-state index contributed by atoms with van der Waals surface area (Å²) in [5.74, 6) is 5.92. The van der Waals surface area contributed by atoms with Gasteiger partial charge in [0.15, 0.2) is 5.60 Å². The van der Waals surface area contributed by atoms with Crippen LogP contribution in [0, 0.1) is 23.8 Å². The molecule has 1 aromatic carbocycles. The third kappa shape index (κ3) is 3.89. The van der Waals surface area contributed by atoms with Crippen LogP contribution in [0.5, 0.6) is 0 Å². The Balaban J connectivity index is 2.32. The molecule has 0 amide bonds. The van der Waals surface area contributed by atoms with Crippen molar-refractivity contribution >= 4 is 8.07 Å². The largest absolute Gasteiger partial charge is 0.365 e. The van der Waals surface area contributed by atoms with Gasteiger partial charge in [-0.25, -0.2) is 0 Å². The minimum absolute atomic E-state index is 0.635. The summed E-state index contributed by atoms with van der Waals surface area (Å²) in [5.41, 5.74) is 3.99. The molecule has 0 N–H and O–H groups in total. The van der Waals surface area contributed by atoms with E-state index >= 15 is 0 Å². The van der Waals surface area contributed by atoms with Crippen LogP contribution in [-0.4, -0.2) is 27.9 Å². The predicted octanol–water partition coefficient (Wildman–Crippen LogP) is 3.90. The van der Waals surface area contributed by atoms with Crippen molar-refractivity contribution in [2.75, 3.05) is 14.2 Å². The summed E-state index contributed by atoms with van der Waals surface area (Å²) in [6.45, 7) is 6.71. The quantitative estimate of drug-likeness (QED) is 0.473. The first-order valence-corrected chi connectivity index (χ1v) is 11.4. The Bertz CT molecular complexity index is 732. The topological polar surface area (TPSA) is 18.5 Å². The van der Waals surface area contributed by atoms with Crippen molar-refractivity contribution in [1.29, 1.82) is 0 Å². The molecule has 3 heteroatoms. The SMILES string of the molecule is C#CC1(OC)C=CC(OC)(c2ccc(C#C[Si](C)(C)C)cc2)C=C1. The lowest BCUT2D eigenvalue weighted by Crippen LogP contribution is -2.33. The third-order valence-electron chi connectivity index (χ3n) is 3.98. The van der Waals surface area contributed by atoms with Crippen molar-refractivity contribution in [2.24, 2.45) is 0 Å². The molecule has 0 heterocycles. The summed E-state index contributed by atoms with van der Waals surface area (Å²) in [6, 6.07) is 8.15. The van der Waals surface area contributed by atoms with E-state index in [2.05, 4.69) is 37.0 Å². The zero-order chi connectivity index (χ0) is 17.8. The molecule has 0 unspecified atom stereocenters. The summed E-state index contributed by atoms with van der Waals surface area (Å²) in [4.78, 5) is 0. The van der Waals surface area contributed by atoms with Gasteiger partial charge in [-0.05, 0) is 42.0 Å². The van der Waals surface area contributed by atoms with E-state index in [1.165, 1.54) is 0 Å². The van der Waals surface area contributed by atoms with Gasteiger partial charge in [0.2, 0.25) is 0 Å². The molecule has 0 aliphatic heterocycles. The van der Waals surface area contributed by atoms with Crippen molar-refractivity contribution in [3.8, 4) is 23.8 Å². The molecule has 0 saturated heterocycles. The monoisotopic (exact) mass is 336 g/mol. The lowest BCUT2D eigenvalue weighted by atomic mass is 9.84. The second-order valence-electron chi connectivity index (χ2n) is 6.88. The van der Waals surface area contributed by atoms with Gasteiger partial charge in [-0.1, -0.05) is 43.6 Å². The zero-order valence-electron chi connectivity index (χ0n) is 15.0. The lowest BCUT2D eigenvalue weighted by molar-refractivity contribution is 0.0593. The van der Waals surface area contributed by atoms with E-state index in [0.29, 0.717) is 0 Å². The van der Waals surface area contributed by atoms with Crippen LogP contribution < -0.4 is 0 Å². The van der Waals surface area contributed by atoms with Crippen LogP contribution >= 0.6 is 0 Å². The number of benzene rings is 1.